The van der Waals surface area contributed by atoms with E-state index in [0.717, 1.165) is 4.31 Å². The third-order valence-electron chi connectivity index (χ3n) is 2.70. The zero-order chi connectivity index (χ0) is 14.6. The monoisotopic (exact) mass is 294 g/mol. The van der Waals surface area contributed by atoms with Crippen LogP contribution in [-0.4, -0.2) is 49.1 Å². The van der Waals surface area contributed by atoms with Crippen molar-refractivity contribution in [3.8, 4) is 0 Å². The standard InChI is InChI=1S/C10H18N2O6S/c1-7(2)18-10(15)11-19(16,17)12-5-3-8(4-6-12)9(13)14/h7-8H,3-6H2,1-2H3,(H,11,15)(H,13,14). The van der Waals surface area contributed by atoms with E-state index in [4.69, 9.17) is 5.11 Å². The quantitative estimate of drug-likeness (QED) is 0.763. The van der Waals surface area contributed by atoms with Gasteiger partial charge in [0.25, 0.3) is 0 Å². The van der Waals surface area contributed by atoms with Gasteiger partial charge in [-0.15, -0.1) is 0 Å². The first-order chi connectivity index (χ1) is 8.72. The maximum Gasteiger partial charge on any atom is 0.422 e. The van der Waals surface area contributed by atoms with Gasteiger partial charge in [-0.2, -0.15) is 12.7 Å². The highest BCUT2D eigenvalue weighted by Crippen LogP contribution is 2.19. The first-order valence-corrected chi connectivity index (χ1v) is 7.37. The molecule has 19 heavy (non-hydrogen) atoms. The number of hydrogen-bond donors (Lipinski definition) is 2. The Kier molecular flexibility index (Phi) is 5.12. The van der Waals surface area contributed by atoms with Crippen LogP contribution in [0, 0.1) is 5.92 Å². The van der Waals surface area contributed by atoms with Gasteiger partial charge in [0.15, 0.2) is 0 Å². The number of nitrogens with one attached hydrogen (secondary N) is 1. The lowest BCUT2D eigenvalue weighted by atomic mass is 9.99. The average Bonchev–Trinajstić information content (AvgIpc) is 2.27. The molecule has 1 fully saturated rings. The number of piperidine rings is 1. The summed E-state index contributed by atoms with van der Waals surface area (Å²) in [7, 11) is -3.96. The van der Waals surface area contributed by atoms with E-state index in [1.54, 1.807) is 18.6 Å². The Morgan fingerprint density at radius 3 is 2.26 bits per heavy atom. The largest absolute Gasteiger partial charge is 0.481 e. The molecule has 0 aliphatic carbocycles. The Balaban J connectivity index is 2.55. The molecular formula is C10H18N2O6S. The number of carbonyl (C=O) groups excluding carboxylic acids is 1. The molecule has 0 bridgehead atoms. The van der Waals surface area contributed by atoms with Gasteiger partial charge in [0.1, 0.15) is 0 Å². The number of hydrogen-bond acceptors (Lipinski definition) is 5. The van der Waals surface area contributed by atoms with E-state index in [1.807, 2.05) is 0 Å². The number of carbonyl (C=O) groups is 2. The van der Waals surface area contributed by atoms with Crippen molar-refractivity contribution < 1.29 is 27.9 Å². The third kappa shape index (κ3) is 4.67. The molecule has 1 heterocycles. The van der Waals surface area contributed by atoms with Crippen LogP contribution >= 0.6 is 0 Å². The first-order valence-electron chi connectivity index (χ1n) is 5.93. The van der Waals surface area contributed by atoms with Crippen molar-refractivity contribution in [2.45, 2.75) is 32.8 Å². The minimum Gasteiger partial charge on any atom is -0.481 e. The fourth-order valence-corrected chi connectivity index (χ4v) is 2.83. The van der Waals surface area contributed by atoms with Gasteiger partial charge in [0, 0.05) is 13.1 Å². The average molecular weight is 294 g/mol. The van der Waals surface area contributed by atoms with Gasteiger partial charge in [0.2, 0.25) is 0 Å². The molecule has 110 valence electrons. The number of amides is 1. The van der Waals surface area contributed by atoms with Crippen molar-refractivity contribution in [1.82, 2.24) is 9.03 Å². The van der Waals surface area contributed by atoms with Gasteiger partial charge in [-0.1, -0.05) is 0 Å². The SMILES string of the molecule is CC(C)OC(=O)NS(=O)(=O)N1CCC(C(=O)O)CC1. The molecule has 1 amide bonds. The summed E-state index contributed by atoms with van der Waals surface area (Å²) in [6.45, 7) is 3.34. The summed E-state index contributed by atoms with van der Waals surface area (Å²) < 4.78 is 31.2. The van der Waals surface area contributed by atoms with Crippen LogP contribution in [0.2, 0.25) is 0 Å². The van der Waals surface area contributed by atoms with Gasteiger partial charge in [0.05, 0.1) is 12.0 Å². The van der Waals surface area contributed by atoms with Crippen molar-refractivity contribution >= 4 is 22.3 Å². The number of carboxylic acid groups (broad SMARTS) is 1. The van der Waals surface area contributed by atoms with Crippen molar-refractivity contribution in [1.29, 1.82) is 0 Å². The van der Waals surface area contributed by atoms with Crippen LogP contribution in [-0.2, 0) is 19.7 Å². The van der Waals surface area contributed by atoms with Crippen molar-refractivity contribution in [2.24, 2.45) is 5.92 Å². The summed E-state index contributed by atoms with van der Waals surface area (Å²) in [5.74, 6) is -1.46. The maximum absolute atomic E-state index is 11.8. The van der Waals surface area contributed by atoms with E-state index < -0.39 is 34.3 Å². The number of nitrogens with zero attached hydrogens (tertiary/aromatic N) is 1. The molecule has 0 saturated carbocycles. The molecule has 9 heteroatoms. The zero-order valence-electron chi connectivity index (χ0n) is 10.8. The minimum absolute atomic E-state index is 0.0707. The molecule has 0 aromatic heterocycles. The smallest absolute Gasteiger partial charge is 0.422 e. The summed E-state index contributed by atoms with van der Waals surface area (Å²) in [6, 6.07) is 0. The van der Waals surface area contributed by atoms with E-state index in [0.29, 0.717) is 0 Å². The summed E-state index contributed by atoms with van der Waals surface area (Å²) >= 11 is 0. The van der Waals surface area contributed by atoms with E-state index in [-0.39, 0.29) is 25.9 Å². The molecule has 0 atom stereocenters. The zero-order valence-corrected chi connectivity index (χ0v) is 11.6. The topological polar surface area (TPSA) is 113 Å². The lowest BCUT2D eigenvalue weighted by molar-refractivity contribution is -0.142. The van der Waals surface area contributed by atoms with Crippen LogP contribution < -0.4 is 4.72 Å². The lowest BCUT2D eigenvalue weighted by Gasteiger charge is -2.28. The first kappa shape index (κ1) is 15.7. The molecule has 1 saturated heterocycles. The summed E-state index contributed by atoms with van der Waals surface area (Å²) in [5.41, 5.74) is 0. The number of ether oxygens (including phenoxy) is 1. The van der Waals surface area contributed by atoms with Gasteiger partial charge in [-0.3, -0.25) is 4.79 Å². The molecule has 0 spiro atoms. The minimum atomic E-state index is -3.96. The highest BCUT2D eigenvalue weighted by molar-refractivity contribution is 7.87. The fourth-order valence-electron chi connectivity index (χ4n) is 1.75. The van der Waals surface area contributed by atoms with Crippen LogP contribution in [0.15, 0.2) is 0 Å². The predicted molar refractivity (Wildman–Crippen MR) is 65.6 cm³/mol. The fraction of sp³-hybridized carbons (Fsp3) is 0.800. The van der Waals surface area contributed by atoms with Crippen molar-refractivity contribution in [3.05, 3.63) is 0 Å². The van der Waals surface area contributed by atoms with Crippen molar-refractivity contribution in [3.63, 3.8) is 0 Å². The second-order valence-electron chi connectivity index (χ2n) is 4.57. The van der Waals surface area contributed by atoms with Crippen LogP contribution in [0.3, 0.4) is 0 Å². The Hall–Kier alpha value is -1.35. The Bertz CT molecular complexity index is 439. The molecule has 1 rings (SSSR count). The van der Waals surface area contributed by atoms with Gasteiger partial charge in [-0.05, 0) is 26.7 Å². The second kappa shape index (κ2) is 6.20. The molecule has 2 N–H and O–H groups in total. The maximum atomic E-state index is 11.8. The van der Waals surface area contributed by atoms with Gasteiger partial charge < -0.3 is 9.84 Å². The molecule has 0 aromatic rings. The molecule has 1 aliphatic rings. The summed E-state index contributed by atoms with van der Waals surface area (Å²) in [6.07, 6.45) is -0.992. The number of carboxylic acids is 1. The molecule has 0 radical (unpaired) electrons. The molecule has 1 aliphatic heterocycles. The predicted octanol–water partition coefficient (Wildman–Crippen LogP) is 0.162. The summed E-state index contributed by atoms with van der Waals surface area (Å²) in [4.78, 5) is 22.0. The van der Waals surface area contributed by atoms with Crippen LogP contribution in [0.1, 0.15) is 26.7 Å². The normalized spacial score (nSPS) is 18.3. The Labute approximate surface area is 111 Å². The Morgan fingerprint density at radius 1 is 1.32 bits per heavy atom. The second-order valence-corrected chi connectivity index (χ2v) is 6.24. The molecule has 0 aromatic carbocycles. The third-order valence-corrected chi connectivity index (χ3v) is 4.17. The highest BCUT2D eigenvalue weighted by atomic mass is 32.2. The van der Waals surface area contributed by atoms with E-state index in [2.05, 4.69) is 4.74 Å². The highest BCUT2D eigenvalue weighted by Gasteiger charge is 2.32. The lowest BCUT2D eigenvalue weighted by Crippen LogP contribution is -2.48. The van der Waals surface area contributed by atoms with Crippen LogP contribution in [0.4, 0.5) is 4.79 Å². The Morgan fingerprint density at radius 2 is 1.84 bits per heavy atom. The van der Waals surface area contributed by atoms with Crippen LogP contribution in [0.25, 0.3) is 0 Å². The van der Waals surface area contributed by atoms with E-state index in [1.165, 1.54) is 0 Å². The molecule has 8 nitrogen and oxygen atoms in total. The summed E-state index contributed by atoms with van der Waals surface area (Å²) in [5, 5.41) is 8.81. The molecule has 0 unspecified atom stereocenters. The van der Waals surface area contributed by atoms with Gasteiger partial charge >= 0.3 is 22.3 Å². The van der Waals surface area contributed by atoms with Crippen LogP contribution in [0.5, 0.6) is 0 Å². The van der Waals surface area contributed by atoms with E-state index >= 15 is 0 Å². The van der Waals surface area contributed by atoms with Gasteiger partial charge in [-0.25, -0.2) is 9.52 Å². The van der Waals surface area contributed by atoms with E-state index in [9.17, 15) is 18.0 Å². The number of rotatable bonds is 4. The molecular weight excluding hydrogens is 276 g/mol. The number of aliphatic carboxylic acids is 1. The van der Waals surface area contributed by atoms with Crippen molar-refractivity contribution in [2.75, 3.05) is 13.1 Å².